The van der Waals surface area contributed by atoms with Crippen molar-refractivity contribution in [2.45, 2.75) is 163 Å². The lowest BCUT2D eigenvalue weighted by Gasteiger charge is -2.33. The minimum absolute atomic E-state index is 0.101. The molecule has 0 aromatic carbocycles. The summed E-state index contributed by atoms with van der Waals surface area (Å²) in [5.41, 5.74) is 2.83. The van der Waals surface area contributed by atoms with Gasteiger partial charge in [-0.1, -0.05) is 13.8 Å². The summed E-state index contributed by atoms with van der Waals surface area (Å²) in [6.07, 6.45) is 1.13. The SMILES string of the molecule is CC(C)C[C@H](N)C(=O)N[C@@H](COP(=O)(OC(C)(C)C)OC(C)(C)C)C(=O)N1CCC[C@H]1C(=O)N[C@@H](COC(C)(C)C)C(=O)OC(C)(C)C. The van der Waals surface area contributed by atoms with Gasteiger partial charge in [-0.05, 0) is 108 Å². The number of ether oxygens (including phenoxy) is 2. The van der Waals surface area contributed by atoms with Gasteiger partial charge in [-0.2, -0.15) is 0 Å². The maximum absolute atomic E-state index is 14.1. The van der Waals surface area contributed by atoms with Gasteiger partial charge in [-0.3, -0.25) is 28.0 Å². The first kappa shape index (κ1) is 43.9. The van der Waals surface area contributed by atoms with E-state index in [-0.39, 0.29) is 19.1 Å². The highest BCUT2D eigenvalue weighted by Crippen LogP contribution is 2.55. The van der Waals surface area contributed by atoms with E-state index in [1.807, 2.05) is 34.6 Å². The van der Waals surface area contributed by atoms with E-state index in [1.165, 1.54) is 4.90 Å². The van der Waals surface area contributed by atoms with Crippen molar-refractivity contribution in [3.8, 4) is 0 Å². The number of likely N-dealkylation sites (tertiary alicyclic amines) is 1. The lowest BCUT2D eigenvalue weighted by molar-refractivity contribution is -0.162. The summed E-state index contributed by atoms with van der Waals surface area (Å²) in [4.78, 5) is 55.3. The molecule has 4 N–H and O–H groups in total. The van der Waals surface area contributed by atoms with Gasteiger partial charge in [0.25, 0.3) is 0 Å². The fourth-order valence-corrected chi connectivity index (χ4v) is 6.44. The molecule has 0 unspecified atom stereocenters. The lowest BCUT2D eigenvalue weighted by atomic mass is 10.0. The van der Waals surface area contributed by atoms with Crippen molar-refractivity contribution in [1.29, 1.82) is 0 Å². The normalized spacial score (nSPS) is 18.3. The van der Waals surface area contributed by atoms with Crippen LogP contribution in [0.15, 0.2) is 0 Å². The van der Waals surface area contributed by atoms with Gasteiger partial charge in [-0.15, -0.1) is 0 Å². The highest BCUT2D eigenvalue weighted by atomic mass is 31.2. The quantitative estimate of drug-likeness (QED) is 0.164. The third-order valence-electron chi connectivity index (χ3n) is 6.38. The highest BCUT2D eigenvalue weighted by molar-refractivity contribution is 7.48. The average Bonchev–Trinajstić information content (AvgIpc) is 3.34. The number of hydrogen-bond donors (Lipinski definition) is 3. The molecule has 0 aromatic rings. The van der Waals surface area contributed by atoms with Crippen LogP contribution in [0.3, 0.4) is 0 Å². The number of carbonyl (C=O) groups is 4. The smallest absolute Gasteiger partial charge is 0.458 e. The van der Waals surface area contributed by atoms with Crippen molar-refractivity contribution in [2.75, 3.05) is 19.8 Å². The van der Waals surface area contributed by atoms with Gasteiger partial charge < -0.3 is 30.7 Å². The number of esters is 1. The van der Waals surface area contributed by atoms with Crippen molar-refractivity contribution in [3.05, 3.63) is 0 Å². The second-order valence-corrected chi connectivity index (χ2v) is 18.2. The summed E-state index contributed by atoms with van der Waals surface area (Å²) >= 11 is 0. The molecule has 15 heteroatoms. The molecule has 1 saturated heterocycles. The Kier molecular flexibility index (Phi) is 15.8. The van der Waals surface area contributed by atoms with E-state index >= 15 is 0 Å². The summed E-state index contributed by atoms with van der Waals surface area (Å²) in [5.74, 6) is -2.44. The van der Waals surface area contributed by atoms with Crippen LogP contribution < -0.4 is 16.4 Å². The van der Waals surface area contributed by atoms with Crippen molar-refractivity contribution in [1.82, 2.24) is 15.5 Å². The van der Waals surface area contributed by atoms with Crippen LogP contribution in [0.2, 0.25) is 0 Å². The summed E-state index contributed by atoms with van der Waals surface area (Å²) in [5, 5.41) is 5.35. The van der Waals surface area contributed by atoms with Crippen molar-refractivity contribution in [3.63, 3.8) is 0 Å². The zero-order valence-electron chi connectivity index (χ0n) is 31.7. The third kappa shape index (κ3) is 17.0. The fourth-order valence-electron chi connectivity index (χ4n) is 4.62. The molecule has 280 valence electrons. The number of phosphoric acid groups is 1. The number of amides is 3. The third-order valence-corrected chi connectivity index (χ3v) is 8.38. The van der Waals surface area contributed by atoms with Gasteiger partial charge in [0.15, 0.2) is 6.04 Å². The Hall–Kier alpha value is -2.09. The molecular formula is C33H63N4O10P. The van der Waals surface area contributed by atoms with Crippen LogP contribution in [0.4, 0.5) is 0 Å². The number of hydrogen-bond acceptors (Lipinski definition) is 11. The summed E-state index contributed by atoms with van der Waals surface area (Å²) < 4.78 is 42.2. The zero-order chi connectivity index (χ0) is 37.5. The number of nitrogens with zero attached hydrogens (tertiary/aromatic N) is 1. The van der Waals surface area contributed by atoms with Gasteiger partial charge in [-0.25, -0.2) is 9.36 Å². The predicted octanol–water partition coefficient (Wildman–Crippen LogP) is 4.23. The number of carbonyl (C=O) groups excluding carboxylic acids is 4. The Bertz CT molecular complexity index is 1130. The van der Waals surface area contributed by atoms with Gasteiger partial charge in [0.2, 0.25) is 17.7 Å². The number of phosphoric ester groups is 1. The minimum atomic E-state index is -4.28. The zero-order valence-corrected chi connectivity index (χ0v) is 32.6. The van der Waals surface area contributed by atoms with Crippen LogP contribution in [0.5, 0.6) is 0 Å². The topological polar surface area (TPSA) is 185 Å². The van der Waals surface area contributed by atoms with E-state index < -0.39 is 84.7 Å². The van der Waals surface area contributed by atoms with Gasteiger partial charge in [0.1, 0.15) is 17.7 Å². The molecule has 1 aliphatic heterocycles. The molecule has 1 aliphatic rings. The first-order chi connectivity index (χ1) is 21.5. The standard InChI is InChI=1S/C33H63N4O10P/c1-21(2)18-22(34)26(38)35-23(20-44-48(42,46-32(9,10)11)47-33(12,13)14)28(40)37-17-15-16-25(37)27(39)36-24(19-43-30(3,4)5)29(41)45-31(6,7)8/h21-25H,15-20,34H2,1-14H3,(H,35,38)(H,36,39)/t22-,23-,24-,25-/m0/s1. The molecule has 14 nitrogen and oxygen atoms in total. The Labute approximate surface area is 287 Å². The summed E-state index contributed by atoms with van der Waals surface area (Å²) in [6.45, 7) is 23.9. The molecule has 0 saturated carbocycles. The second-order valence-electron chi connectivity index (χ2n) is 16.7. The van der Waals surface area contributed by atoms with E-state index in [2.05, 4.69) is 10.6 Å². The van der Waals surface area contributed by atoms with Crippen LogP contribution in [-0.2, 0) is 46.8 Å². The van der Waals surface area contributed by atoms with Crippen molar-refractivity contribution >= 4 is 31.5 Å². The van der Waals surface area contributed by atoms with E-state index in [4.69, 9.17) is 28.8 Å². The average molecular weight is 707 g/mol. The van der Waals surface area contributed by atoms with Crippen LogP contribution in [0, 0.1) is 5.92 Å². The molecule has 1 fully saturated rings. The Morgan fingerprint density at radius 3 is 1.81 bits per heavy atom. The largest absolute Gasteiger partial charge is 0.475 e. The summed E-state index contributed by atoms with van der Waals surface area (Å²) in [6, 6.07) is -4.45. The molecule has 48 heavy (non-hydrogen) atoms. The molecule has 0 spiro atoms. The molecule has 3 amide bonds. The van der Waals surface area contributed by atoms with E-state index in [9.17, 15) is 23.7 Å². The lowest BCUT2D eigenvalue weighted by Crippen LogP contribution is -2.58. The van der Waals surface area contributed by atoms with Gasteiger partial charge in [0.05, 0.1) is 36.1 Å². The molecule has 0 radical (unpaired) electrons. The van der Waals surface area contributed by atoms with E-state index in [1.54, 1.807) is 62.3 Å². The molecule has 1 rings (SSSR count). The molecule has 0 aromatic heterocycles. The minimum Gasteiger partial charge on any atom is -0.458 e. The number of nitrogens with two attached hydrogens (primary N) is 1. The first-order valence-electron chi connectivity index (χ1n) is 16.7. The van der Waals surface area contributed by atoms with Gasteiger partial charge in [0, 0.05) is 6.54 Å². The van der Waals surface area contributed by atoms with Crippen LogP contribution in [0.1, 0.15) is 116 Å². The predicted molar refractivity (Wildman–Crippen MR) is 183 cm³/mol. The molecule has 0 aliphatic carbocycles. The Morgan fingerprint density at radius 2 is 1.35 bits per heavy atom. The molecule has 0 bridgehead atoms. The molecular weight excluding hydrogens is 643 g/mol. The first-order valence-corrected chi connectivity index (χ1v) is 18.2. The fraction of sp³-hybridized carbons (Fsp3) is 0.879. The Balaban J connectivity index is 3.37. The van der Waals surface area contributed by atoms with Crippen LogP contribution in [0.25, 0.3) is 0 Å². The van der Waals surface area contributed by atoms with E-state index in [0.717, 1.165) is 0 Å². The van der Waals surface area contributed by atoms with Gasteiger partial charge >= 0.3 is 13.8 Å². The van der Waals surface area contributed by atoms with Crippen molar-refractivity contribution in [2.24, 2.45) is 11.7 Å². The molecule has 4 atom stereocenters. The van der Waals surface area contributed by atoms with Crippen LogP contribution >= 0.6 is 7.82 Å². The number of rotatable bonds is 15. The van der Waals surface area contributed by atoms with Crippen LogP contribution in [-0.4, -0.2) is 94.9 Å². The molecule has 1 heterocycles. The second kappa shape index (κ2) is 17.2. The highest BCUT2D eigenvalue weighted by Gasteiger charge is 2.43. The maximum atomic E-state index is 14.1. The maximum Gasteiger partial charge on any atom is 0.475 e. The van der Waals surface area contributed by atoms with Crippen molar-refractivity contribution < 1.29 is 46.8 Å². The number of nitrogens with one attached hydrogen (secondary N) is 2. The monoisotopic (exact) mass is 706 g/mol. The summed E-state index contributed by atoms with van der Waals surface area (Å²) in [7, 11) is -4.28. The van der Waals surface area contributed by atoms with E-state index in [0.29, 0.717) is 19.3 Å². The Morgan fingerprint density at radius 1 is 0.812 bits per heavy atom.